The number of hydrogen-bond donors (Lipinski definition) is 1. The van der Waals surface area contributed by atoms with Gasteiger partial charge in [0.1, 0.15) is 5.82 Å². The molecular formula is C16H19N5O. The maximum atomic E-state index is 12.4. The van der Waals surface area contributed by atoms with E-state index in [0.29, 0.717) is 11.4 Å². The lowest BCUT2D eigenvalue weighted by Crippen LogP contribution is -2.47. The molecule has 0 unspecified atom stereocenters. The van der Waals surface area contributed by atoms with Gasteiger partial charge in [-0.05, 0) is 31.3 Å². The fourth-order valence-electron chi connectivity index (χ4n) is 2.40. The molecule has 1 aromatic heterocycles. The van der Waals surface area contributed by atoms with Crippen LogP contribution in [0, 0.1) is 0 Å². The maximum absolute atomic E-state index is 12.4. The van der Waals surface area contributed by atoms with Gasteiger partial charge in [0.05, 0.1) is 6.20 Å². The minimum Gasteiger partial charge on any atom is -0.339 e. The summed E-state index contributed by atoms with van der Waals surface area (Å²) in [6.07, 6.45) is 4.92. The highest BCUT2D eigenvalue weighted by Crippen LogP contribution is 2.16. The molecule has 1 aliphatic rings. The van der Waals surface area contributed by atoms with Crippen LogP contribution in [0.25, 0.3) is 0 Å². The largest absolute Gasteiger partial charge is 0.339 e. The number of benzene rings is 1. The molecule has 0 spiro atoms. The number of anilines is 2. The van der Waals surface area contributed by atoms with Gasteiger partial charge in [0.15, 0.2) is 0 Å². The summed E-state index contributed by atoms with van der Waals surface area (Å²) in [5, 5.41) is 3.15. The lowest BCUT2D eigenvalue weighted by molar-refractivity contribution is 0.0664. The van der Waals surface area contributed by atoms with Gasteiger partial charge in [-0.1, -0.05) is 0 Å². The third-order valence-electron chi connectivity index (χ3n) is 3.76. The standard InChI is InChI=1S/C16H19N5O/c1-20-8-10-21(11-9-20)16(22)13-2-4-14(5-3-13)19-15-12-17-6-7-18-15/h2-7,12H,8-11H2,1H3,(H,18,19). The Balaban J connectivity index is 1.65. The monoisotopic (exact) mass is 297 g/mol. The summed E-state index contributed by atoms with van der Waals surface area (Å²) in [5.74, 6) is 0.778. The Morgan fingerprint density at radius 2 is 1.82 bits per heavy atom. The predicted octanol–water partition coefficient (Wildman–Crippen LogP) is 1.61. The van der Waals surface area contributed by atoms with Crippen LogP contribution in [0.3, 0.4) is 0 Å². The van der Waals surface area contributed by atoms with Crippen molar-refractivity contribution in [2.45, 2.75) is 0 Å². The average Bonchev–Trinajstić information content (AvgIpc) is 2.57. The van der Waals surface area contributed by atoms with Crippen molar-refractivity contribution in [3.05, 3.63) is 48.4 Å². The van der Waals surface area contributed by atoms with Crippen LogP contribution in [0.4, 0.5) is 11.5 Å². The van der Waals surface area contributed by atoms with Gasteiger partial charge in [0, 0.05) is 49.8 Å². The summed E-state index contributed by atoms with van der Waals surface area (Å²) in [6, 6.07) is 7.47. The highest BCUT2D eigenvalue weighted by molar-refractivity contribution is 5.94. The Morgan fingerprint density at radius 1 is 1.09 bits per heavy atom. The van der Waals surface area contributed by atoms with Crippen LogP contribution in [0.5, 0.6) is 0 Å². The molecule has 114 valence electrons. The van der Waals surface area contributed by atoms with Crippen molar-refractivity contribution in [2.75, 3.05) is 38.5 Å². The van der Waals surface area contributed by atoms with E-state index in [1.807, 2.05) is 29.2 Å². The minimum absolute atomic E-state index is 0.0964. The molecule has 22 heavy (non-hydrogen) atoms. The molecule has 0 saturated carbocycles. The highest BCUT2D eigenvalue weighted by atomic mass is 16.2. The van der Waals surface area contributed by atoms with E-state index in [2.05, 4.69) is 27.2 Å². The van der Waals surface area contributed by atoms with E-state index in [1.54, 1.807) is 18.6 Å². The zero-order valence-corrected chi connectivity index (χ0v) is 12.6. The lowest BCUT2D eigenvalue weighted by Gasteiger charge is -2.32. The van der Waals surface area contributed by atoms with Crippen LogP contribution in [0.1, 0.15) is 10.4 Å². The van der Waals surface area contributed by atoms with Crippen molar-refractivity contribution in [1.29, 1.82) is 0 Å². The summed E-state index contributed by atoms with van der Waals surface area (Å²) >= 11 is 0. The maximum Gasteiger partial charge on any atom is 0.253 e. The SMILES string of the molecule is CN1CCN(C(=O)c2ccc(Nc3cnccn3)cc2)CC1. The molecule has 0 aliphatic carbocycles. The third-order valence-corrected chi connectivity index (χ3v) is 3.76. The van der Waals surface area contributed by atoms with E-state index in [1.165, 1.54) is 0 Å². The lowest BCUT2D eigenvalue weighted by atomic mass is 10.1. The van der Waals surface area contributed by atoms with Gasteiger partial charge < -0.3 is 15.1 Å². The van der Waals surface area contributed by atoms with Gasteiger partial charge in [-0.15, -0.1) is 0 Å². The molecule has 0 atom stereocenters. The topological polar surface area (TPSA) is 61.4 Å². The third kappa shape index (κ3) is 3.40. The number of carbonyl (C=O) groups is 1. The number of carbonyl (C=O) groups excluding carboxylic acids is 1. The molecular weight excluding hydrogens is 278 g/mol. The first kappa shape index (κ1) is 14.5. The molecule has 0 radical (unpaired) electrons. The Kier molecular flexibility index (Phi) is 4.29. The zero-order chi connectivity index (χ0) is 15.4. The van der Waals surface area contributed by atoms with Crippen LogP contribution >= 0.6 is 0 Å². The molecule has 3 rings (SSSR count). The molecule has 1 amide bonds. The van der Waals surface area contributed by atoms with Crippen molar-refractivity contribution in [3.63, 3.8) is 0 Å². The van der Waals surface area contributed by atoms with Crippen LogP contribution in [0.2, 0.25) is 0 Å². The van der Waals surface area contributed by atoms with Gasteiger partial charge in [-0.2, -0.15) is 0 Å². The summed E-state index contributed by atoms with van der Waals surface area (Å²) < 4.78 is 0. The number of nitrogens with one attached hydrogen (secondary N) is 1. The predicted molar refractivity (Wildman–Crippen MR) is 85.2 cm³/mol. The van der Waals surface area contributed by atoms with E-state index in [9.17, 15) is 4.79 Å². The zero-order valence-electron chi connectivity index (χ0n) is 12.6. The van der Waals surface area contributed by atoms with E-state index >= 15 is 0 Å². The number of likely N-dealkylation sites (N-methyl/N-ethyl adjacent to an activating group) is 1. The number of amides is 1. The highest BCUT2D eigenvalue weighted by Gasteiger charge is 2.20. The molecule has 1 aromatic carbocycles. The van der Waals surface area contributed by atoms with Crippen LogP contribution in [-0.2, 0) is 0 Å². The number of nitrogens with zero attached hydrogens (tertiary/aromatic N) is 4. The Morgan fingerprint density at radius 3 is 2.45 bits per heavy atom. The smallest absolute Gasteiger partial charge is 0.253 e. The Bertz CT molecular complexity index is 621. The molecule has 0 bridgehead atoms. The summed E-state index contributed by atoms with van der Waals surface area (Å²) in [4.78, 5) is 24.7. The van der Waals surface area contributed by atoms with Gasteiger partial charge in [-0.25, -0.2) is 4.98 Å². The molecule has 6 nitrogen and oxygen atoms in total. The second-order valence-electron chi connectivity index (χ2n) is 5.39. The van der Waals surface area contributed by atoms with Crippen LogP contribution in [0.15, 0.2) is 42.9 Å². The van der Waals surface area contributed by atoms with Gasteiger partial charge >= 0.3 is 0 Å². The summed E-state index contributed by atoms with van der Waals surface area (Å²) in [5.41, 5.74) is 1.60. The normalized spacial score (nSPS) is 15.6. The van der Waals surface area contributed by atoms with Crippen LogP contribution < -0.4 is 5.32 Å². The molecule has 2 aromatic rings. The first-order valence-corrected chi connectivity index (χ1v) is 7.33. The van der Waals surface area contributed by atoms with Gasteiger partial charge in [0.2, 0.25) is 0 Å². The summed E-state index contributed by atoms with van der Waals surface area (Å²) in [7, 11) is 2.08. The Hall–Kier alpha value is -2.47. The molecule has 2 heterocycles. The fraction of sp³-hybridized carbons (Fsp3) is 0.312. The minimum atomic E-state index is 0.0964. The molecule has 6 heteroatoms. The van der Waals surface area contributed by atoms with Gasteiger partial charge in [0.25, 0.3) is 5.91 Å². The number of aromatic nitrogens is 2. The van der Waals surface area contributed by atoms with E-state index in [0.717, 1.165) is 31.9 Å². The van der Waals surface area contributed by atoms with E-state index < -0.39 is 0 Å². The van der Waals surface area contributed by atoms with Crippen molar-refractivity contribution >= 4 is 17.4 Å². The van der Waals surface area contributed by atoms with Crippen molar-refractivity contribution < 1.29 is 4.79 Å². The first-order valence-electron chi connectivity index (χ1n) is 7.33. The Labute approximate surface area is 129 Å². The molecule has 1 fully saturated rings. The molecule has 1 saturated heterocycles. The average molecular weight is 297 g/mol. The van der Waals surface area contributed by atoms with E-state index in [4.69, 9.17) is 0 Å². The van der Waals surface area contributed by atoms with E-state index in [-0.39, 0.29) is 5.91 Å². The molecule has 1 aliphatic heterocycles. The summed E-state index contributed by atoms with van der Waals surface area (Å²) in [6.45, 7) is 3.43. The van der Waals surface area contributed by atoms with Gasteiger partial charge in [-0.3, -0.25) is 9.78 Å². The molecule has 1 N–H and O–H groups in total. The second-order valence-corrected chi connectivity index (χ2v) is 5.39. The van der Waals surface area contributed by atoms with Crippen molar-refractivity contribution in [1.82, 2.24) is 19.8 Å². The van der Waals surface area contributed by atoms with Crippen molar-refractivity contribution in [3.8, 4) is 0 Å². The quantitative estimate of drug-likeness (QED) is 0.932. The van der Waals surface area contributed by atoms with Crippen molar-refractivity contribution in [2.24, 2.45) is 0 Å². The van der Waals surface area contributed by atoms with Crippen LogP contribution in [-0.4, -0.2) is 58.9 Å². The fourth-order valence-corrected chi connectivity index (χ4v) is 2.40. The number of hydrogen-bond acceptors (Lipinski definition) is 5. The second kappa shape index (κ2) is 6.53. The number of rotatable bonds is 3. The first-order chi connectivity index (χ1) is 10.7. The number of piperazine rings is 1.